The van der Waals surface area contributed by atoms with Gasteiger partial charge in [-0.25, -0.2) is 0 Å². The van der Waals surface area contributed by atoms with E-state index in [2.05, 4.69) is 22.2 Å². The fraction of sp³-hybridized carbons (Fsp3) is 0.556. The van der Waals surface area contributed by atoms with Crippen molar-refractivity contribution in [1.82, 2.24) is 9.27 Å². The molecule has 96 valence electrons. The number of fused-ring (bicyclic) bond motifs is 1. The molecular weight excluding hydrogens is 308 g/mol. The number of hydrogen-bond donors (Lipinski definition) is 0. The van der Waals surface area contributed by atoms with Crippen molar-refractivity contribution in [3.8, 4) is 0 Å². The van der Waals surface area contributed by atoms with Crippen LogP contribution in [0.1, 0.15) is 29.1 Å². The van der Waals surface area contributed by atoms with Crippen molar-refractivity contribution in [2.45, 2.75) is 20.3 Å². The van der Waals surface area contributed by atoms with Crippen molar-refractivity contribution >= 4 is 56.0 Å². The van der Waals surface area contributed by atoms with Crippen molar-refractivity contribution in [1.29, 1.82) is 0 Å². The van der Waals surface area contributed by atoms with Crippen LogP contribution in [0, 0.1) is 0 Å². The zero-order chi connectivity index (χ0) is 13.0. The predicted molar refractivity (Wildman–Crippen MR) is 88.4 cm³/mol. The van der Waals surface area contributed by atoms with Crippen LogP contribution in [-0.4, -0.2) is 28.8 Å². The monoisotopic (exact) mass is 326 g/mol. The third kappa shape index (κ3) is 3.43. The van der Waals surface area contributed by atoms with Gasteiger partial charge >= 0.3 is 0 Å². The molecule has 4 atom stereocenters. The van der Waals surface area contributed by atoms with Crippen molar-refractivity contribution in [3.05, 3.63) is 10.4 Å². The lowest BCUT2D eigenvalue weighted by Crippen LogP contribution is -2.35. The van der Waals surface area contributed by atoms with Gasteiger partial charge in [0, 0.05) is 24.9 Å². The highest BCUT2D eigenvalue weighted by molar-refractivity contribution is 8.63. The second-order valence-corrected chi connectivity index (χ2v) is 13.2. The maximum Gasteiger partial charge on any atom is 0.257 e. The lowest BCUT2D eigenvalue weighted by molar-refractivity contribution is 0.0784. The van der Waals surface area contributed by atoms with E-state index in [4.69, 9.17) is 0 Å². The fourth-order valence-electron chi connectivity index (χ4n) is 1.49. The van der Waals surface area contributed by atoms with Gasteiger partial charge in [-0.2, -0.15) is 4.37 Å². The van der Waals surface area contributed by atoms with Crippen LogP contribution in [0.25, 0.3) is 0 Å². The van der Waals surface area contributed by atoms with Crippen molar-refractivity contribution in [2.24, 2.45) is 0 Å². The molecule has 0 spiro atoms. The van der Waals surface area contributed by atoms with Crippen LogP contribution in [-0.2, 0) is 6.42 Å². The summed E-state index contributed by atoms with van der Waals surface area (Å²) in [6, 6.07) is 0. The van der Waals surface area contributed by atoms with Crippen LogP contribution in [0.4, 0.5) is 0 Å². The summed E-state index contributed by atoms with van der Waals surface area (Å²) in [6.45, 7) is 4.82. The molecule has 17 heavy (non-hydrogen) atoms. The summed E-state index contributed by atoms with van der Waals surface area (Å²) in [6.07, 6.45) is 0.961. The Morgan fingerprint density at radius 1 is 1.53 bits per heavy atom. The summed E-state index contributed by atoms with van der Waals surface area (Å²) in [5, 5.41) is 0. The normalized spacial score (nSPS) is 16.8. The Hall–Kier alpha value is 0.820. The Labute approximate surface area is 114 Å². The Balaban J connectivity index is 0.000000686. The molecule has 1 aliphatic rings. The second-order valence-electron chi connectivity index (χ2n) is 3.28. The molecule has 8 heteroatoms. The van der Waals surface area contributed by atoms with E-state index >= 15 is 0 Å². The molecule has 0 radical (unpaired) electrons. The summed E-state index contributed by atoms with van der Waals surface area (Å²) < 4.78 is 4.45. The molecule has 3 nitrogen and oxygen atoms in total. The molecule has 1 amide bonds. The van der Waals surface area contributed by atoms with Gasteiger partial charge in [0.15, 0.2) is 0 Å². The molecule has 0 saturated carbocycles. The third-order valence-corrected chi connectivity index (χ3v) is 13.2. The Bertz CT molecular complexity index is 398. The van der Waals surface area contributed by atoms with Gasteiger partial charge in [-0.3, -0.25) is 4.79 Å². The van der Waals surface area contributed by atoms with Gasteiger partial charge in [0.05, 0.1) is 11.0 Å². The highest BCUT2D eigenvalue weighted by Crippen LogP contribution is 2.65. The molecule has 0 aliphatic carbocycles. The molecule has 1 aliphatic heterocycles. The van der Waals surface area contributed by atoms with Gasteiger partial charge in [0.25, 0.3) is 5.91 Å². The lowest BCUT2D eigenvalue weighted by Gasteiger charge is -2.23. The summed E-state index contributed by atoms with van der Waals surface area (Å²) in [5.41, 5.74) is 1.92. The van der Waals surface area contributed by atoms with Gasteiger partial charge in [0.2, 0.25) is 0 Å². The van der Waals surface area contributed by atoms with Crippen LogP contribution in [0.3, 0.4) is 0 Å². The van der Waals surface area contributed by atoms with Crippen molar-refractivity contribution in [2.75, 3.05) is 13.6 Å². The number of aromatic nitrogens is 1. The van der Waals surface area contributed by atoms with Crippen molar-refractivity contribution in [3.63, 3.8) is 0 Å². The minimum atomic E-state index is -0.338. The first-order valence-corrected chi connectivity index (χ1v) is 12.8. The van der Waals surface area contributed by atoms with Crippen LogP contribution in [0.5, 0.6) is 0 Å². The summed E-state index contributed by atoms with van der Waals surface area (Å²) >= 11 is 1.50. The van der Waals surface area contributed by atoms with E-state index in [9.17, 15) is 4.79 Å². The molecule has 0 fully saturated rings. The molecule has 2 rings (SSSR count). The number of rotatable bonds is 2. The van der Waals surface area contributed by atoms with Gasteiger partial charge in [-0.1, -0.05) is 21.8 Å². The van der Waals surface area contributed by atoms with E-state index in [1.165, 1.54) is 16.4 Å². The number of likely N-dealkylation sites (N-methyl/N-ethyl adjacent to an activating group) is 1. The first-order valence-electron chi connectivity index (χ1n) is 5.40. The zero-order valence-corrected chi connectivity index (χ0v) is 15.2. The first-order chi connectivity index (χ1) is 8.15. The van der Waals surface area contributed by atoms with E-state index in [1.807, 2.05) is 20.9 Å². The summed E-state index contributed by atoms with van der Waals surface area (Å²) in [4.78, 5) is 15.0. The molecule has 2 heterocycles. The van der Waals surface area contributed by atoms with E-state index in [1.54, 1.807) is 4.90 Å². The van der Waals surface area contributed by atoms with Gasteiger partial charge in [-0.05, 0) is 18.8 Å². The van der Waals surface area contributed by atoms with Crippen LogP contribution in [0.2, 0.25) is 0 Å². The average Bonchev–Trinajstić information content (AvgIpc) is 2.80. The molecule has 0 aromatic carbocycles. The maximum atomic E-state index is 12.0. The van der Waals surface area contributed by atoms with Crippen LogP contribution in [0.15, 0.2) is 0 Å². The average molecular weight is 326 g/mol. The highest BCUT2D eigenvalue weighted by atomic mass is 32.6. The number of amides is 1. The SMILES string of the molecule is CC.CN1CCc2snc(P(P)PP)c2C1=O. The number of carbonyl (C=O) groups is 1. The maximum absolute atomic E-state index is 12.0. The molecule has 1 aromatic heterocycles. The zero-order valence-electron chi connectivity index (χ0n) is 10.2. The van der Waals surface area contributed by atoms with E-state index in [0.29, 0.717) is 0 Å². The Morgan fingerprint density at radius 2 is 2.18 bits per heavy atom. The molecule has 0 bridgehead atoms. The van der Waals surface area contributed by atoms with E-state index in [-0.39, 0.29) is 13.2 Å². The largest absolute Gasteiger partial charge is 0.341 e. The van der Waals surface area contributed by atoms with Gasteiger partial charge in [-0.15, -0.1) is 17.9 Å². The minimum absolute atomic E-state index is 0.151. The minimum Gasteiger partial charge on any atom is -0.341 e. The Morgan fingerprint density at radius 3 is 2.76 bits per heavy atom. The van der Waals surface area contributed by atoms with Crippen molar-refractivity contribution < 1.29 is 4.79 Å². The van der Waals surface area contributed by atoms with E-state index in [0.717, 1.165) is 31.9 Å². The molecule has 0 saturated heterocycles. The predicted octanol–water partition coefficient (Wildman–Crippen LogP) is 3.08. The summed E-state index contributed by atoms with van der Waals surface area (Å²) in [5.74, 6) is 0.151. The number of hydrogen-bond acceptors (Lipinski definition) is 3. The van der Waals surface area contributed by atoms with Crippen LogP contribution >= 0.6 is 44.6 Å². The quantitative estimate of drug-likeness (QED) is 0.783. The Kier molecular flexibility index (Phi) is 6.93. The lowest BCUT2D eigenvalue weighted by atomic mass is 10.1. The number of nitrogens with zero attached hydrogens (tertiary/aromatic N) is 2. The topological polar surface area (TPSA) is 33.2 Å². The third-order valence-electron chi connectivity index (χ3n) is 2.35. The standard InChI is InChI=1S/C7H12N2OP4S.C2H6/c1-9-3-2-4-5(7(9)10)6(8-15-4)14(12)13-11;1-2/h13H,2-3,11-12H2,1H3;1-2H3. The fourth-order valence-corrected chi connectivity index (χ4v) is 6.36. The van der Waals surface area contributed by atoms with E-state index < -0.39 is 0 Å². The smallest absolute Gasteiger partial charge is 0.257 e. The second kappa shape index (κ2) is 7.42. The molecule has 4 unspecified atom stereocenters. The molecule has 0 N–H and O–H groups in total. The summed E-state index contributed by atoms with van der Waals surface area (Å²) in [7, 11) is 7.85. The van der Waals surface area contributed by atoms with Gasteiger partial charge in [0.1, 0.15) is 0 Å². The first kappa shape index (κ1) is 15.9. The molecule has 1 aromatic rings. The van der Waals surface area contributed by atoms with Gasteiger partial charge < -0.3 is 4.90 Å². The number of carbonyl (C=O) groups excluding carboxylic acids is 1. The van der Waals surface area contributed by atoms with Crippen LogP contribution < -0.4 is 5.44 Å². The highest BCUT2D eigenvalue weighted by Gasteiger charge is 2.29. The molecular formula is C9H18N2OP4S.